The zero-order valence-corrected chi connectivity index (χ0v) is 23.2. The Morgan fingerprint density at radius 3 is 2.24 bits per heavy atom. The van der Waals surface area contributed by atoms with E-state index in [0.717, 1.165) is 39.1 Å². The molecule has 0 aliphatic rings. The molecule has 0 fully saturated rings. The summed E-state index contributed by atoms with van der Waals surface area (Å²) in [7, 11) is -2.99. The fourth-order valence-corrected chi connectivity index (χ4v) is 5.01. The first kappa shape index (κ1) is 29.2. The van der Waals surface area contributed by atoms with Crippen molar-refractivity contribution in [1.82, 2.24) is 0 Å². The molecule has 0 aliphatic heterocycles. The van der Waals surface area contributed by atoms with E-state index in [4.69, 9.17) is 19.3 Å². The largest absolute Gasteiger partial charge is 0.494 e. The Labute approximate surface area is 225 Å². The van der Waals surface area contributed by atoms with E-state index in [1.165, 1.54) is 6.26 Å². The number of rotatable bonds is 14. The number of aryl methyl sites for hydroxylation is 2. The lowest BCUT2D eigenvalue weighted by Crippen LogP contribution is -2.10. The van der Waals surface area contributed by atoms with Crippen molar-refractivity contribution in [3.63, 3.8) is 0 Å². The Morgan fingerprint density at radius 2 is 1.63 bits per heavy atom. The molecule has 1 atom stereocenters. The van der Waals surface area contributed by atoms with E-state index in [1.54, 1.807) is 0 Å². The molecule has 0 heterocycles. The van der Waals surface area contributed by atoms with Gasteiger partial charge in [-0.15, -0.1) is 0 Å². The molecular formula is C30H36O7S. The number of carboxylic acid groups (broad SMARTS) is 1. The Morgan fingerprint density at radius 1 is 0.947 bits per heavy atom. The number of sulfone groups is 1. The van der Waals surface area contributed by atoms with Crippen LogP contribution in [0.4, 0.5) is 0 Å². The molecule has 204 valence electrons. The SMILES string of the molecule is CCO[C@@H](CC(=O)O)c1ccc(OCc2cccc(-c3c(C)cc(OCCCS(C)(=O)=O)cc3C)c2)cc1. The average molecular weight is 541 g/mol. The highest BCUT2D eigenvalue weighted by Crippen LogP contribution is 2.32. The molecular weight excluding hydrogens is 504 g/mol. The van der Waals surface area contributed by atoms with E-state index in [2.05, 4.69) is 12.1 Å². The maximum Gasteiger partial charge on any atom is 0.306 e. The number of carboxylic acids is 1. The quantitative estimate of drug-likeness (QED) is 0.254. The minimum absolute atomic E-state index is 0.0873. The van der Waals surface area contributed by atoms with Crippen LogP contribution in [0.25, 0.3) is 11.1 Å². The van der Waals surface area contributed by atoms with E-state index in [0.29, 0.717) is 32.0 Å². The smallest absolute Gasteiger partial charge is 0.306 e. The second-order valence-electron chi connectivity index (χ2n) is 9.36. The predicted octanol–water partition coefficient (Wildman–Crippen LogP) is 5.92. The summed E-state index contributed by atoms with van der Waals surface area (Å²) in [5.41, 5.74) is 6.17. The Balaban J connectivity index is 1.66. The highest BCUT2D eigenvalue weighted by Gasteiger charge is 2.16. The molecule has 0 bridgehead atoms. The van der Waals surface area contributed by atoms with Crippen molar-refractivity contribution in [3.05, 3.63) is 82.9 Å². The highest BCUT2D eigenvalue weighted by atomic mass is 32.2. The molecule has 8 heteroatoms. The summed E-state index contributed by atoms with van der Waals surface area (Å²) in [6.45, 7) is 7.09. The van der Waals surface area contributed by atoms with Gasteiger partial charge in [-0.3, -0.25) is 4.79 Å². The molecule has 1 N–H and O–H groups in total. The summed E-state index contributed by atoms with van der Waals surface area (Å²) in [5, 5.41) is 9.13. The average Bonchev–Trinajstić information content (AvgIpc) is 2.85. The maximum atomic E-state index is 11.3. The number of hydrogen-bond donors (Lipinski definition) is 1. The maximum absolute atomic E-state index is 11.3. The summed E-state index contributed by atoms with van der Waals surface area (Å²) in [6.07, 6.45) is 1.11. The third kappa shape index (κ3) is 8.89. The fourth-order valence-electron chi connectivity index (χ4n) is 4.37. The number of aliphatic carboxylic acids is 1. The molecule has 0 saturated carbocycles. The van der Waals surface area contributed by atoms with Crippen LogP contribution in [0.2, 0.25) is 0 Å². The first-order valence-corrected chi connectivity index (χ1v) is 14.7. The molecule has 3 aromatic carbocycles. The lowest BCUT2D eigenvalue weighted by Gasteiger charge is -2.16. The van der Waals surface area contributed by atoms with E-state index in [-0.39, 0.29) is 12.2 Å². The highest BCUT2D eigenvalue weighted by molar-refractivity contribution is 7.90. The lowest BCUT2D eigenvalue weighted by molar-refractivity contribution is -0.140. The number of benzene rings is 3. The number of ether oxygens (including phenoxy) is 3. The standard InChI is InChI=1S/C30H36O7S/c1-5-35-28(19-29(31)32)24-10-12-26(13-11-24)37-20-23-8-6-9-25(18-23)30-21(2)16-27(17-22(30)3)36-14-7-15-38(4,33)34/h6,8-13,16-18,28H,5,7,14-15,19-20H2,1-4H3,(H,31,32)/t28-/m0/s1. The Bertz CT molecular complexity index is 1310. The van der Waals surface area contributed by atoms with Gasteiger partial charge in [-0.2, -0.15) is 0 Å². The molecule has 0 aromatic heterocycles. The van der Waals surface area contributed by atoms with Gasteiger partial charge in [0.15, 0.2) is 0 Å². The van der Waals surface area contributed by atoms with Crippen LogP contribution in [0.1, 0.15) is 48.1 Å². The fraction of sp³-hybridized carbons (Fsp3) is 0.367. The summed E-state index contributed by atoms with van der Waals surface area (Å²) in [5.74, 6) is 0.631. The molecule has 0 amide bonds. The van der Waals surface area contributed by atoms with Gasteiger partial charge in [0.25, 0.3) is 0 Å². The first-order chi connectivity index (χ1) is 18.1. The van der Waals surface area contributed by atoms with Crippen LogP contribution in [0, 0.1) is 13.8 Å². The van der Waals surface area contributed by atoms with Crippen LogP contribution in [0.5, 0.6) is 11.5 Å². The third-order valence-corrected chi connectivity index (χ3v) is 7.07. The first-order valence-electron chi connectivity index (χ1n) is 12.6. The zero-order valence-electron chi connectivity index (χ0n) is 22.4. The molecule has 0 saturated heterocycles. The Hall–Kier alpha value is -3.36. The van der Waals surface area contributed by atoms with Gasteiger partial charge in [0.1, 0.15) is 27.9 Å². The van der Waals surface area contributed by atoms with Gasteiger partial charge in [-0.05, 0) is 90.9 Å². The van der Waals surface area contributed by atoms with E-state index in [9.17, 15) is 13.2 Å². The van der Waals surface area contributed by atoms with Gasteiger partial charge < -0.3 is 19.3 Å². The van der Waals surface area contributed by atoms with Crippen molar-refractivity contribution < 1.29 is 32.5 Å². The molecule has 0 radical (unpaired) electrons. The topological polar surface area (TPSA) is 99.1 Å². The molecule has 0 spiro atoms. The molecule has 3 rings (SSSR count). The monoisotopic (exact) mass is 540 g/mol. The molecule has 38 heavy (non-hydrogen) atoms. The van der Waals surface area contributed by atoms with Gasteiger partial charge in [0.2, 0.25) is 0 Å². The van der Waals surface area contributed by atoms with Crippen LogP contribution in [-0.2, 0) is 26.0 Å². The van der Waals surface area contributed by atoms with Crippen molar-refractivity contribution in [3.8, 4) is 22.6 Å². The van der Waals surface area contributed by atoms with E-state index in [1.807, 2.05) is 69.3 Å². The van der Waals surface area contributed by atoms with Gasteiger partial charge >= 0.3 is 5.97 Å². The van der Waals surface area contributed by atoms with E-state index < -0.39 is 21.9 Å². The summed E-state index contributed by atoms with van der Waals surface area (Å²) >= 11 is 0. The van der Waals surface area contributed by atoms with E-state index >= 15 is 0 Å². The number of carbonyl (C=O) groups is 1. The minimum Gasteiger partial charge on any atom is -0.494 e. The van der Waals surface area contributed by atoms with Crippen molar-refractivity contribution in [2.24, 2.45) is 0 Å². The molecule has 7 nitrogen and oxygen atoms in total. The van der Waals surface area contributed by atoms with Crippen molar-refractivity contribution in [2.75, 3.05) is 25.2 Å². The zero-order chi connectivity index (χ0) is 27.7. The predicted molar refractivity (Wildman–Crippen MR) is 149 cm³/mol. The van der Waals surface area contributed by atoms with Crippen LogP contribution in [0.3, 0.4) is 0 Å². The van der Waals surface area contributed by atoms with Crippen molar-refractivity contribution >= 4 is 15.8 Å². The van der Waals surface area contributed by atoms with Crippen LogP contribution < -0.4 is 9.47 Å². The summed E-state index contributed by atoms with van der Waals surface area (Å²) < 4.78 is 40.0. The van der Waals surface area contributed by atoms with Crippen LogP contribution in [-0.4, -0.2) is 44.7 Å². The second-order valence-corrected chi connectivity index (χ2v) is 11.6. The summed E-state index contributed by atoms with van der Waals surface area (Å²) in [4.78, 5) is 11.1. The van der Waals surface area contributed by atoms with Gasteiger partial charge in [0, 0.05) is 12.9 Å². The normalized spacial score (nSPS) is 12.2. The van der Waals surface area contributed by atoms with Crippen LogP contribution >= 0.6 is 0 Å². The van der Waals surface area contributed by atoms with Gasteiger partial charge in [-0.1, -0.05) is 30.3 Å². The van der Waals surface area contributed by atoms with Gasteiger partial charge in [-0.25, -0.2) is 8.42 Å². The Kier molecular flexibility index (Phi) is 10.3. The van der Waals surface area contributed by atoms with Crippen LogP contribution in [0.15, 0.2) is 60.7 Å². The molecule has 0 unspecified atom stereocenters. The van der Waals surface area contributed by atoms with Gasteiger partial charge in [0.05, 0.1) is 24.9 Å². The van der Waals surface area contributed by atoms with Crippen molar-refractivity contribution in [1.29, 1.82) is 0 Å². The van der Waals surface area contributed by atoms with Crippen molar-refractivity contribution in [2.45, 2.75) is 46.3 Å². The second kappa shape index (κ2) is 13.4. The molecule has 0 aliphatic carbocycles. The third-order valence-electron chi connectivity index (χ3n) is 6.04. The lowest BCUT2D eigenvalue weighted by atomic mass is 9.94. The molecule has 3 aromatic rings. The minimum atomic E-state index is -2.99. The summed E-state index contributed by atoms with van der Waals surface area (Å²) in [6, 6.07) is 19.5. The number of hydrogen-bond acceptors (Lipinski definition) is 6.